The molecule has 1 amide bonds. The monoisotopic (exact) mass is 503 g/mol. The second-order valence-electron chi connectivity index (χ2n) is 7.17. The van der Waals surface area contributed by atoms with Crippen molar-refractivity contribution in [2.75, 3.05) is 33.2 Å². The fourth-order valence-corrected chi connectivity index (χ4v) is 3.09. The molecule has 0 spiro atoms. The first kappa shape index (κ1) is 26.6. The molecule has 0 fully saturated rings. The third-order valence-electron chi connectivity index (χ3n) is 4.57. The Balaban J connectivity index is 0.00000729. The Labute approximate surface area is 188 Å². The molecule has 28 heavy (non-hydrogen) atoms. The van der Waals surface area contributed by atoms with Gasteiger partial charge >= 0.3 is 0 Å². The van der Waals surface area contributed by atoms with E-state index in [0.717, 1.165) is 18.7 Å². The van der Waals surface area contributed by atoms with Crippen LogP contribution >= 0.6 is 24.0 Å². The second kappa shape index (κ2) is 14.6. The van der Waals surface area contributed by atoms with E-state index in [-0.39, 0.29) is 36.4 Å². The van der Waals surface area contributed by atoms with Crippen molar-refractivity contribution in [2.24, 2.45) is 4.99 Å². The molecule has 0 atom stereocenters. The molecule has 0 saturated heterocycles. The van der Waals surface area contributed by atoms with Crippen LogP contribution in [0.2, 0.25) is 0 Å². The highest BCUT2D eigenvalue weighted by Crippen LogP contribution is 2.04. The van der Waals surface area contributed by atoms with Crippen LogP contribution in [0.4, 0.5) is 0 Å². The molecule has 6 nitrogen and oxygen atoms in total. The topological polar surface area (TPSA) is 60.0 Å². The minimum Gasteiger partial charge on any atom is -0.355 e. The zero-order chi connectivity index (χ0) is 20.2. The van der Waals surface area contributed by atoms with Gasteiger partial charge in [-0.05, 0) is 40.2 Å². The number of guanidine groups is 1. The number of amides is 1. The summed E-state index contributed by atoms with van der Waals surface area (Å²) in [7, 11) is 1.73. The lowest BCUT2D eigenvalue weighted by atomic mass is 10.2. The lowest BCUT2D eigenvalue weighted by molar-refractivity contribution is -0.130. The maximum absolute atomic E-state index is 12.5. The van der Waals surface area contributed by atoms with Crippen molar-refractivity contribution in [3.63, 3.8) is 0 Å². The maximum Gasteiger partial charge on any atom is 0.242 e. The van der Waals surface area contributed by atoms with Gasteiger partial charge in [-0.3, -0.25) is 14.7 Å². The minimum absolute atomic E-state index is 0. The van der Waals surface area contributed by atoms with E-state index in [2.05, 4.69) is 48.2 Å². The van der Waals surface area contributed by atoms with E-state index in [9.17, 15) is 4.79 Å². The number of benzene rings is 1. The molecular weight excluding hydrogens is 465 g/mol. The summed E-state index contributed by atoms with van der Waals surface area (Å²) in [5.41, 5.74) is 1.14. The highest BCUT2D eigenvalue weighted by molar-refractivity contribution is 14.0. The van der Waals surface area contributed by atoms with Crippen molar-refractivity contribution in [1.29, 1.82) is 0 Å². The number of nitrogens with zero attached hydrogens (tertiary/aromatic N) is 3. The van der Waals surface area contributed by atoms with Crippen LogP contribution in [0.5, 0.6) is 0 Å². The van der Waals surface area contributed by atoms with Crippen LogP contribution in [-0.2, 0) is 11.3 Å². The molecule has 0 bridgehead atoms. The summed E-state index contributed by atoms with van der Waals surface area (Å²) in [6, 6.07) is 11.1. The van der Waals surface area contributed by atoms with Crippen LogP contribution in [0.3, 0.4) is 0 Å². The van der Waals surface area contributed by atoms with E-state index in [4.69, 9.17) is 0 Å². The minimum atomic E-state index is 0. The zero-order valence-electron chi connectivity index (χ0n) is 18.2. The van der Waals surface area contributed by atoms with Gasteiger partial charge in [-0.2, -0.15) is 0 Å². The van der Waals surface area contributed by atoms with Gasteiger partial charge in [-0.15, -0.1) is 24.0 Å². The number of likely N-dealkylation sites (N-methyl/N-ethyl adjacent to an activating group) is 1. The Kier molecular flexibility index (Phi) is 13.9. The summed E-state index contributed by atoms with van der Waals surface area (Å²) in [4.78, 5) is 21.0. The van der Waals surface area contributed by atoms with Gasteiger partial charge in [-0.25, -0.2) is 0 Å². The molecule has 0 aliphatic carbocycles. The van der Waals surface area contributed by atoms with E-state index in [1.54, 1.807) is 7.05 Å². The summed E-state index contributed by atoms with van der Waals surface area (Å²) in [5.74, 6) is 0.724. The standard InChI is InChI=1S/C21H37N5O.HI/c1-7-25(16-19-11-9-8-10-12-19)20(27)15-24-21(22-6)23-13-14-26(17(2)3)18(4)5;/h8-12,17-18H,7,13-16H2,1-6H3,(H2,22,23,24);1H. The van der Waals surface area contributed by atoms with Gasteiger partial charge in [0.2, 0.25) is 5.91 Å². The Bertz CT molecular complexity index is 569. The molecule has 0 radical (unpaired) electrons. The van der Waals surface area contributed by atoms with E-state index in [1.807, 2.05) is 42.2 Å². The Hall–Kier alpha value is -1.35. The molecule has 0 aliphatic heterocycles. The molecule has 1 aromatic rings. The van der Waals surface area contributed by atoms with Crippen LogP contribution in [-0.4, -0.2) is 67.0 Å². The normalized spacial score (nSPS) is 11.5. The van der Waals surface area contributed by atoms with Crippen molar-refractivity contribution >= 4 is 35.8 Å². The molecule has 0 heterocycles. The van der Waals surface area contributed by atoms with Crippen molar-refractivity contribution in [3.8, 4) is 0 Å². The number of aliphatic imine (C=N–C) groups is 1. The maximum atomic E-state index is 12.5. The third kappa shape index (κ3) is 9.73. The smallest absolute Gasteiger partial charge is 0.242 e. The molecule has 1 rings (SSSR count). The Morgan fingerprint density at radius 1 is 1.07 bits per heavy atom. The number of hydrogen-bond donors (Lipinski definition) is 2. The molecule has 0 saturated carbocycles. The Morgan fingerprint density at radius 2 is 1.68 bits per heavy atom. The van der Waals surface area contributed by atoms with Gasteiger partial charge in [-0.1, -0.05) is 30.3 Å². The van der Waals surface area contributed by atoms with Crippen molar-refractivity contribution < 1.29 is 4.79 Å². The predicted molar refractivity (Wildman–Crippen MR) is 129 cm³/mol. The van der Waals surface area contributed by atoms with Crippen molar-refractivity contribution in [1.82, 2.24) is 20.4 Å². The number of halogens is 1. The van der Waals surface area contributed by atoms with Gasteiger partial charge in [0, 0.05) is 45.3 Å². The zero-order valence-corrected chi connectivity index (χ0v) is 20.6. The van der Waals surface area contributed by atoms with Crippen LogP contribution in [0.1, 0.15) is 40.2 Å². The number of rotatable bonds is 10. The van der Waals surface area contributed by atoms with Crippen molar-refractivity contribution in [2.45, 2.75) is 53.2 Å². The van der Waals surface area contributed by atoms with Crippen molar-refractivity contribution in [3.05, 3.63) is 35.9 Å². The predicted octanol–water partition coefficient (Wildman–Crippen LogP) is 2.94. The van der Waals surface area contributed by atoms with Gasteiger partial charge in [0.15, 0.2) is 5.96 Å². The second-order valence-corrected chi connectivity index (χ2v) is 7.17. The highest BCUT2D eigenvalue weighted by atomic mass is 127. The average Bonchev–Trinajstić information content (AvgIpc) is 2.65. The fourth-order valence-electron chi connectivity index (χ4n) is 3.09. The van der Waals surface area contributed by atoms with Gasteiger partial charge in [0.05, 0.1) is 6.54 Å². The summed E-state index contributed by atoms with van der Waals surface area (Å²) < 4.78 is 0. The molecule has 2 N–H and O–H groups in total. The lowest BCUT2D eigenvalue weighted by Crippen LogP contribution is -2.47. The van der Waals surface area contributed by atoms with Gasteiger partial charge in [0.25, 0.3) is 0 Å². The highest BCUT2D eigenvalue weighted by Gasteiger charge is 2.14. The van der Waals surface area contributed by atoms with Crippen LogP contribution in [0, 0.1) is 0 Å². The number of carbonyl (C=O) groups is 1. The summed E-state index contributed by atoms with van der Waals surface area (Å²) >= 11 is 0. The van der Waals surface area contributed by atoms with E-state index >= 15 is 0 Å². The average molecular weight is 503 g/mol. The summed E-state index contributed by atoms with van der Waals surface area (Å²) in [6.45, 7) is 14.1. The van der Waals surface area contributed by atoms with Gasteiger partial charge < -0.3 is 15.5 Å². The molecule has 1 aromatic carbocycles. The summed E-state index contributed by atoms with van der Waals surface area (Å²) in [5, 5.41) is 6.43. The number of nitrogens with one attached hydrogen (secondary N) is 2. The molecule has 0 aliphatic rings. The van der Waals surface area contributed by atoms with Crippen LogP contribution in [0.15, 0.2) is 35.3 Å². The first-order valence-electron chi connectivity index (χ1n) is 9.91. The molecular formula is C21H38IN5O. The van der Waals surface area contributed by atoms with E-state index in [0.29, 0.717) is 31.1 Å². The fraction of sp³-hybridized carbons (Fsp3) is 0.619. The lowest BCUT2D eigenvalue weighted by Gasteiger charge is -2.30. The van der Waals surface area contributed by atoms with Crippen LogP contribution < -0.4 is 10.6 Å². The molecule has 160 valence electrons. The van der Waals surface area contributed by atoms with E-state index in [1.165, 1.54) is 0 Å². The first-order chi connectivity index (χ1) is 12.9. The first-order valence-corrected chi connectivity index (χ1v) is 9.91. The van der Waals surface area contributed by atoms with Gasteiger partial charge in [0.1, 0.15) is 0 Å². The van der Waals surface area contributed by atoms with Crippen LogP contribution in [0.25, 0.3) is 0 Å². The number of hydrogen-bond acceptors (Lipinski definition) is 3. The third-order valence-corrected chi connectivity index (χ3v) is 4.57. The number of carbonyl (C=O) groups excluding carboxylic acids is 1. The molecule has 0 aromatic heterocycles. The van der Waals surface area contributed by atoms with E-state index < -0.39 is 0 Å². The quantitative estimate of drug-likeness (QED) is 0.293. The summed E-state index contributed by atoms with van der Waals surface area (Å²) in [6.07, 6.45) is 0. The largest absolute Gasteiger partial charge is 0.355 e. The molecule has 7 heteroatoms. The Morgan fingerprint density at radius 3 is 2.18 bits per heavy atom. The molecule has 0 unspecified atom stereocenters. The SMILES string of the molecule is CCN(Cc1ccccc1)C(=O)CNC(=NC)NCCN(C(C)C)C(C)C.I.